The van der Waals surface area contributed by atoms with Gasteiger partial charge in [0.25, 0.3) is 0 Å². The van der Waals surface area contributed by atoms with E-state index in [2.05, 4.69) is 35.0 Å². The predicted molar refractivity (Wildman–Crippen MR) is 147 cm³/mol. The summed E-state index contributed by atoms with van der Waals surface area (Å²) in [5.74, 6) is 0.681. The van der Waals surface area contributed by atoms with E-state index in [1.165, 1.54) is 41.4 Å². The molecule has 0 radical (unpaired) electrons. The van der Waals surface area contributed by atoms with Crippen LogP contribution < -0.4 is 4.74 Å². The largest absolute Gasteiger partial charge is 0.497 e. The normalized spacial score (nSPS) is 17.7. The molecule has 0 atom stereocenters. The number of ether oxygens (including phenoxy) is 1. The molecule has 0 aromatic heterocycles. The Morgan fingerprint density at radius 1 is 1.05 bits per heavy atom. The van der Waals surface area contributed by atoms with Gasteiger partial charge in [0.05, 0.1) is 12.0 Å². The molecule has 0 saturated carbocycles. The first-order chi connectivity index (χ1) is 17.6. The quantitative estimate of drug-likeness (QED) is 0.497. The average Bonchev–Trinajstić information content (AvgIpc) is 2.86. The Labute approximate surface area is 222 Å². The van der Waals surface area contributed by atoms with Gasteiger partial charge in [-0.05, 0) is 93.2 Å². The van der Waals surface area contributed by atoms with E-state index < -0.39 is 10.0 Å². The summed E-state index contributed by atoms with van der Waals surface area (Å²) < 4.78 is 33.0. The smallest absolute Gasteiger partial charge is 0.243 e. The van der Waals surface area contributed by atoms with E-state index in [1.807, 2.05) is 0 Å². The summed E-state index contributed by atoms with van der Waals surface area (Å²) in [6, 6.07) is 10.6. The molecular weight excluding hydrogens is 486 g/mol. The van der Waals surface area contributed by atoms with E-state index in [4.69, 9.17) is 4.74 Å². The molecule has 2 aromatic rings. The summed E-state index contributed by atoms with van der Waals surface area (Å²) in [6.45, 7) is 8.10. The molecule has 0 spiro atoms. The summed E-state index contributed by atoms with van der Waals surface area (Å²) in [4.78, 5) is 18.1. The lowest BCUT2D eigenvalue weighted by Crippen LogP contribution is -2.45. The van der Waals surface area contributed by atoms with Crippen LogP contribution in [0.5, 0.6) is 5.75 Å². The molecule has 1 fully saturated rings. The number of methoxy groups -OCH3 is 1. The lowest BCUT2D eigenvalue weighted by atomic mass is 9.93. The topological polar surface area (TPSA) is 70.2 Å². The number of carbonyl (C=O) groups excluding carboxylic acids is 1. The van der Waals surface area contributed by atoms with Gasteiger partial charge in [0, 0.05) is 45.6 Å². The van der Waals surface area contributed by atoms with E-state index in [9.17, 15) is 13.2 Å². The molecule has 202 valence electrons. The molecule has 7 nitrogen and oxygen atoms in total. The van der Waals surface area contributed by atoms with Crippen LogP contribution in [0.1, 0.15) is 47.1 Å². The first-order valence-electron chi connectivity index (χ1n) is 13.2. The molecule has 0 amide bonds. The molecule has 2 aliphatic heterocycles. The fourth-order valence-corrected chi connectivity index (χ4v) is 7.29. The highest BCUT2D eigenvalue weighted by atomic mass is 32.2. The number of rotatable bonds is 9. The van der Waals surface area contributed by atoms with Crippen LogP contribution in [0.25, 0.3) is 0 Å². The molecule has 8 heteroatoms. The van der Waals surface area contributed by atoms with Gasteiger partial charge in [-0.15, -0.1) is 0 Å². The number of aryl methyl sites for hydroxylation is 2. The van der Waals surface area contributed by atoms with Crippen molar-refractivity contribution in [2.75, 3.05) is 47.4 Å². The van der Waals surface area contributed by atoms with Gasteiger partial charge in [-0.1, -0.05) is 18.2 Å². The van der Waals surface area contributed by atoms with Gasteiger partial charge in [0.1, 0.15) is 11.5 Å². The van der Waals surface area contributed by atoms with Crippen LogP contribution in [0.2, 0.25) is 0 Å². The Kier molecular flexibility index (Phi) is 8.74. The summed E-state index contributed by atoms with van der Waals surface area (Å²) >= 11 is 0. The fourth-order valence-electron chi connectivity index (χ4n) is 5.72. The Morgan fingerprint density at radius 2 is 1.73 bits per heavy atom. The zero-order valence-electron chi connectivity index (χ0n) is 22.9. The van der Waals surface area contributed by atoms with Crippen LogP contribution in [0, 0.1) is 13.8 Å². The maximum atomic E-state index is 13.2. The van der Waals surface area contributed by atoms with Crippen LogP contribution in [-0.4, -0.2) is 81.7 Å². The van der Waals surface area contributed by atoms with Crippen molar-refractivity contribution < 1.29 is 17.9 Å². The molecule has 0 aliphatic carbocycles. The minimum Gasteiger partial charge on any atom is -0.497 e. The second-order valence-electron chi connectivity index (χ2n) is 10.7. The second kappa shape index (κ2) is 11.6. The van der Waals surface area contributed by atoms with Gasteiger partial charge < -0.3 is 9.64 Å². The molecule has 0 unspecified atom stereocenters. The van der Waals surface area contributed by atoms with E-state index in [0.29, 0.717) is 29.3 Å². The molecule has 2 aliphatic rings. The predicted octanol–water partition coefficient (Wildman–Crippen LogP) is 3.59. The molecule has 37 heavy (non-hydrogen) atoms. The molecule has 1 saturated heterocycles. The Morgan fingerprint density at radius 3 is 2.38 bits per heavy atom. The summed E-state index contributed by atoms with van der Waals surface area (Å²) in [5.41, 5.74) is 5.01. The number of ketones is 1. The van der Waals surface area contributed by atoms with Crippen molar-refractivity contribution in [1.29, 1.82) is 0 Å². The third-order valence-electron chi connectivity index (χ3n) is 7.96. The van der Waals surface area contributed by atoms with Crippen molar-refractivity contribution in [3.63, 3.8) is 0 Å². The number of piperidine rings is 1. The molecule has 2 aromatic carbocycles. The first kappa shape index (κ1) is 27.8. The number of nitrogens with zero attached hydrogens (tertiary/aromatic N) is 3. The van der Waals surface area contributed by atoms with Crippen molar-refractivity contribution in [2.24, 2.45) is 0 Å². The fraction of sp³-hybridized carbons (Fsp3) is 0.552. The van der Waals surface area contributed by atoms with E-state index in [0.717, 1.165) is 25.1 Å². The third-order valence-corrected chi connectivity index (χ3v) is 10.1. The van der Waals surface area contributed by atoms with Gasteiger partial charge >= 0.3 is 0 Å². The van der Waals surface area contributed by atoms with E-state index in [1.54, 1.807) is 40.1 Å². The molecule has 4 rings (SSSR count). The lowest BCUT2D eigenvalue weighted by molar-refractivity contribution is -0.118. The van der Waals surface area contributed by atoms with Crippen molar-refractivity contribution in [3.05, 3.63) is 58.1 Å². The number of hydrogen-bond acceptors (Lipinski definition) is 6. The highest BCUT2D eigenvalue weighted by molar-refractivity contribution is 7.89. The maximum Gasteiger partial charge on any atom is 0.243 e. The van der Waals surface area contributed by atoms with E-state index >= 15 is 0 Å². The third kappa shape index (κ3) is 6.42. The standard InChI is InChI=1S/C29H41N3O4S/c1-21-16-28(36-5)17-22(2)29(21)37(34,35)31(4)14-11-27(33)19-23-6-7-25-20-32(15-8-24(25)18-23)26-9-12-30(3)13-10-26/h6-7,16-18,26H,8-15,19-20H2,1-5H3. The van der Waals surface area contributed by atoms with Gasteiger partial charge in [0.15, 0.2) is 0 Å². The van der Waals surface area contributed by atoms with Gasteiger partial charge in [-0.3, -0.25) is 9.69 Å². The summed E-state index contributed by atoms with van der Waals surface area (Å²) in [7, 11) is 1.60. The molecule has 0 N–H and O–H groups in total. The average molecular weight is 528 g/mol. The van der Waals surface area contributed by atoms with Gasteiger partial charge in [-0.2, -0.15) is 0 Å². The Bertz CT molecular complexity index is 1210. The highest BCUT2D eigenvalue weighted by Gasteiger charge is 2.27. The van der Waals surface area contributed by atoms with Crippen LogP contribution in [0.4, 0.5) is 0 Å². The van der Waals surface area contributed by atoms with Crippen molar-refractivity contribution in [1.82, 2.24) is 14.1 Å². The van der Waals surface area contributed by atoms with Crippen molar-refractivity contribution in [2.45, 2.75) is 63.4 Å². The number of Topliss-reactive ketones (excluding diaryl/α,β-unsaturated/α-hetero) is 1. The zero-order chi connectivity index (χ0) is 26.7. The Balaban J connectivity index is 1.33. The number of benzene rings is 2. The lowest BCUT2D eigenvalue weighted by Gasteiger charge is -2.39. The second-order valence-corrected chi connectivity index (χ2v) is 12.7. The Hall–Kier alpha value is -2.26. The maximum absolute atomic E-state index is 13.2. The van der Waals surface area contributed by atoms with Crippen LogP contribution in [-0.2, 0) is 34.2 Å². The monoisotopic (exact) mass is 527 g/mol. The first-order valence-corrected chi connectivity index (χ1v) is 14.7. The summed E-state index contributed by atoms with van der Waals surface area (Å²) in [5, 5.41) is 0. The van der Waals surface area contributed by atoms with E-state index in [-0.39, 0.29) is 23.6 Å². The van der Waals surface area contributed by atoms with Crippen molar-refractivity contribution in [3.8, 4) is 5.75 Å². The zero-order valence-corrected chi connectivity index (χ0v) is 23.7. The number of sulfonamides is 1. The van der Waals surface area contributed by atoms with Gasteiger partial charge in [-0.25, -0.2) is 12.7 Å². The minimum atomic E-state index is -3.71. The molecule has 2 heterocycles. The number of carbonyl (C=O) groups is 1. The van der Waals surface area contributed by atoms with Gasteiger partial charge in [0.2, 0.25) is 10.0 Å². The van der Waals surface area contributed by atoms with Crippen molar-refractivity contribution >= 4 is 15.8 Å². The molecule has 0 bridgehead atoms. The number of hydrogen-bond donors (Lipinski definition) is 0. The summed E-state index contributed by atoms with van der Waals surface area (Å²) in [6.07, 6.45) is 4.01. The highest BCUT2D eigenvalue weighted by Crippen LogP contribution is 2.28. The SMILES string of the molecule is COc1cc(C)c(S(=O)(=O)N(C)CCC(=O)Cc2ccc3c(c2)CCN(C2CCN(C)CC2)C3)c(C)c1. The van der Waals surface area contributed by atoms with Crippen LogP contribution in [0.15, 0.2) is 35.2 Å². The number of fused-ring (bicyclic) bond motifs is 1. The molecular formula is C29H41N3O4S. The minimum absolute atomic E-state index is 0.0499. The number of likely N-dealkylation sites (tertiary alicyclic amines) is 1. The van der Waals surface area contributed by atoms with Crippen LogP contribution in [0.3, 0.4) is 0 Å². The van der Waals surface area contributed by atoms with Crippen LogP contribution >= 0.6 is 0 Å².